The zero-order valence-corrected chi connectivity index (χ0v) is 9.36. The lowest BCUT2D eigenvalue weighted by atomic mass is 10.1. The molecule has 2 aromatic rings. The van der Waals surface area contributed by atoms with Crippen molar-refractivity contribution in [1.82, 2.24) is 9.55 Å². The Hall–Kier alpha value is -1.57. The van der Waals surface area contributed by atoms with Gasteiger partial charge in [0, 0.05) is 5.69 Å². The van der Waals surface area contributed by atoms with E-state index in [-0.39, 0.29) is 0 Å². The largest absolute Gasteiger partial charge is 0.318 e. The molecule has 0 aliphatic carbocycles. The average molecular weight is 199 g/mol. The highest BCUT2D eigenvalue weighted by molar-refractivity contribution is 5.21. The lowest BCUT2D eigenvalue weighted by Gasteiger charge is -2.15. The quantitative estimate of drug-likeness (QED) is 0.727. The predicted octanol–water partition coefficient (Wildman–Crippen LogP) is 2.91. The minimum atomic E-state index is 0.299. The molecule has 1 heterocycles. The first-order valence-corrected chi connectivity index (χ1v) is 5.18. The summed E-state index contributed by atoms with van der Waals surface area (Å²) in [7, 11) is 0. The molecule has 0 N–H and O–H groups in total. The summed E-state index contributed by atoms with van der Waals surface area (Å²) in [6.07, 6.45) is 3.04. The van der Waals surface area contributed by atoms with Crippen LogP contribution in [0.5, 0.6) is 0 Å². The van der Waals surface area contributed by atoms with Crippen molar-refractivity contribution < 1.29 is 0 Å². The molecule has 1 atom stereocenters. The average Bonchev–Trinajstić information content (AvgIpc) is 2.60. The smallest absolute Gasteiger partial charge is 0.177 e. The van der Waals surface area contributed by atoms with Crippen LogP contribution in [-0.2, 0) is 0 Å². The zero-order chi connectivity index (χ0) is 10.8. The van der Waals surface area contributed by atoms with E-state index in [1.54, 1.807) is 0 Å². The normalized spacial score (nSPS) is 12.7. The topological polar surface area (TPSA) is 17.8 Å². The second kappa shape index (κ2) is 3.89. The third-order valence-electron chi connectivity index (χ3n) is 2.88. The first kappa shape index (κ1) is 9.97. The fraction of sp³-hybridized carbons (Fsp3) is 0.308. The molecule has 0 amide bonds. The molecular weight excluding hydrogens is 184 g/mol. The Kier molecular flexibility index (Phi) is 2.58. The van der Waals surface area contributed by atoms with Gasteiger partial charge in [0.1, 0.15) is 0 Å². The minimum absolute atomic E-state index is 0.299. The monoisotopic (exact) mass is 199 g/mol. The second-order valence-corrected chi connectivity index (χ2v) is 3.84. The molecule has 2 heteroatoms. The number of imidazole rings is 1. The van der Waals surface area contributed by atoms with Crippen LogP contribution in [0.1, 0.15) is 29.9 Å². The number of aromatic nitrogens is 2. The van der Waals surface area contributed by atoms with Gasteiger partial charge in [0.2, 0.25) is 0 Å². The van der Waals surface area contributed by atoms with Crippen LogP contribution < -0.4 is 0 Å². The number of aryl methyl sites for hydroxylation is 1. The van der Waals surface area contributed by atoms with E-state index in [4.69, 9.17) is 0 Å². The molecule has 1 unspecified atom stereocenters. The van der Waals surface area contributed by atoms with E-state index in [0.29, 0.717) is 6.04 Å². The van der Waals surface area contributed by atoms with Gasteiger partial charge in [-0.2, -0.15) is 0 Å². The molecule has 0 saturated carbocycles. The maximum atomic E-state index is 4.20. The number of rotatable bonds is 2. The molecule has 2 nitrogen and oxygen atoms in total. The maximum absolute atomic E-state index is 4.20. The summed E-state index contributed by atoms with van der Waals surface area (Å²) < 4.78 is 2.09. The number of hydrogen-bond donors (Lipinski definition) is 0. The Morgan fingerprint density at radius 2 is 1.87 bits per heavy atom. The van der Waals surface area contributed by atoms with E-state index < -0.39 is 0 Å². The third kappa shape index (κ3) is 1.80. The fourth-order valence-electron chi connectivity index (χ4n) is 1.72. The molecule has 0 spiro atoms. The summed E-state index contributed by atoms with van der Waals surface area (Å²) in [4.78, 5) is 4.20. The number of nitrogens with zero attached hydrogens (tertiary/aromatic N) is 2. The molecule has 1 radical (unpaired) electrons. The molecule has 2 rings (SSSR count). The van der Waals surface area contributed by atoms with E-state index >= 15 is 0 Å². The van der Waals surface area contributed by atoms with Crippen molar-refractivity contribution in [2.24, 2.45) is 0 Å². The van der Waals surface area contributed by atoms with E-state index in [0.717, 1.165) is 5.69 Å². The molecular formula is C13H15N2. The molecule has 1 aromatic carbocycles. The van der Waals surface area contributed by atoms with Crippen molar-refractivity contribution in [3.8, 4) is 0 Å². The van der Waals surface area contributed by atoms with Crippen LogP contribution in [0.3, 0.4) is 0 Å². The Labute approximate surface area is 90.6 Å². The molecule has 1 aromatic heterocycles. The van der Waals surface area contributed by atoms with Gasteiger partial charge in [-0.25, -0.2) is 4.98 Å². The van der Waals surface area contributed by atoms with Gasteiger partial charge in [-0.1, -0.05) is 30.3 Å². The van der Waals surface area contributed by atoms with Gasteiger partial charge in [0.05, 0.1) is 11.7 Å². The van der Waals surface area contributed by atoms with Crippen molar-refractivity contribution in [2.45, 2.75) is 26.8 Å². The van der Waals surface area contributed by atoms with Crippen LogP contribution in [0.4, 0.5) is 0 Å². The number of benzene rings is 1. The van der Waals surface area contributed by atoms with E-state index in [1.165, 1.54) is 11.3 Å². The SMILES string of the molecule is Cc1n[c]n(C(C)c2ccccc2)c1C. The van der Waals surface area contributed by atoms with Gasteiger partial charge in [-0.3, -0.25) is 0 Å². The lowest BCUT2D eigenvalue weighted by Crippen LogP contribution is -2.07. The first-order valence-electron chi connectivity index (χ1n) is 5.18. The summed E-state index contributed by atoms with van der Waals surface area (Å²) in [6, 6.07) is 10.7. The highest BCUT2D eigenvalue weighted by atomic mass is 15.1. The summed E-state index contributed by atoms with van der Waals surface area (Å²) in [5.74, 6) is 0. The van der Waals surface area contributed by atoms with Gasteiger partial charge in [0.25, 0.3) is 0 Å². The van der Waals surface area contributed by atoms with Gasteiger partial charge in [-0.05, 0) is 26.3 Å². The lowest BCUT2D eigenvalue weighted by molar-refractivity contribution is 0.617. The molecule has 0 aliphatic rings. The van der Waals surface area contributed by atoms with E-state index in [2.05, 4.69) is 54.0 Å². The standard InChI is InChI=1S/C13H15N2/c1-10-11(2)15(9-14-10)12(3)13-7-5-4-6-8-13/h4-8,12H,1-3H3. The van der Waals surface area contributed by atoms with Crippen LogP contribution in [0, 0.1) is 20.2 Å². The molecule has 0 saturated heterocycles. The molecule has 0 aliphatic heterocycles. The van der Waals surface area contributed by atoms with Gasteiger partial charge in [-0.15, -0.1) is 0 Å². The Bertz CT molecular complexity index is 443. The van der Waals surface area contributed by atoms with Crippen molar-refractivity contribution in [3.05, 3.63) is 53.6 Å². The van der Waals surface area contributed by atoms with Crippen LogP contribution in [-0.4, -0.2) is 9.55 Å². The van der Waals surface area contributed by atoms with Crippen LogP contribution in [0.2, 0.25) is 0 Å². The van der Waals surface area contributed by atoms with E-state index in [9.17, 15) is 0 Å². The molecule has 15 heavy (non-hydrogen) atoms. The molecule has 0 fully saturated rings. The summed E-state index contributed by atoms with van der Waals surface area (Å²) >= 11 is 0. The van der Waals surface area contributed by atoms with Crippen LogP contribution in [0.25, 0.3) is 0 Å². The van der Waals surface area contributed by atoms with Crippen molar-refractivity contribution in [2.75, 3.05) is 0 Å². The van der Waals surface area contributed by atoms with Crippen molar-refractivity contribution in [1.29, 1.82) is 0 Å². The predicted molar refractivity (Wildman–Crippen MR) is 60.8 cm³/mol. The van der Waals surface area contributed by atoms with Crippen molar-refractivity contribution >= 4 is 0 Å². The minimum Gasteiger partial charge on any atom is -0.318 e. The highest BCUT2D eigenvalue weighted by Gasteiger charge is 2.11. The van der Waals surface area contributed by atoms with Gasteiger partial charge in [0.15, 0.2) is 6.33 Å². The second-order valence-electron chi connectivity index (χ2n) is 3.84. The highest BCUT2D eigenvalue weighted by Crippen LogP contribution is 2.19. The molecule has 0 bridgehead atoms. The summed E-state index contributed by atoms with van der Waals surface area (Å²) in [6.45, 7) is 6.26. The Morgan fingerprint density at radius 3 is 2.40 bits per heavy atom. The Balaban J connectivity index is 2.37. The summed E-state index contributed by atoms with van der Waals surface area (Å²) in [5.41, 5.74) is 3.53. The number of hydrogen-bond acceptors (Lipinski definition) is 1. The third-order valence-corrected chi connectivity index (χ3v) is 2.88. The molecule has 77 valence electrons. The first-order chi connectivity index (χ1) is 7.20. The van der Waals surface area contributed by atoms with E-state index in [1.807, 2.05) is 13.0 Å². The fourth-order valence-corrected chi connectivity index (χ4v) is 1.72. The Morgan fingerprint density at radius 1 is 1.20 bits per heavy atom. The van der Waals surface area contributed by atoms with Gasteiger partial charge >= 0.3 is 0 Å². The zero-order valence-electron chi connectivity index (χ0n) is 9.36. The summed E-state index contributed by atoms with van der Waals surface area (Å²) in [5, 5.41) is 0. The van der Waals surface area contributed by atoms with Gasteiger partial charge < -0.3 is 4.57 Å². The van der Waals surface area contributed by atoms with Crippen LogP contribution >= 0.6 is 0 Å². The van der Waals surface area contributed by atoms with Crippen molar-refractivity contribution in [3.63, 3.8) is 0 Å². The maximum Gasteiger partial charge on any atom is 0.177 e. The van der Waals surface area contributed by atoms with Crippen LogP contribution in [0.15, 0.2) is 30.3 Å².